The minimum absolute atomic E-state index is 0.0217. The van der Waals surface area contributed by atoms with Gasteiger partial charge in [0.25, 0.3) is 0 Å². The molecule has 0 saturated carbocycles. The van der Waals surface area contributed by atoms with Crippen molar-refractivity contribution >= 4 is 17.4 Å². The molecule has 1 aliphatic rings. The van der Waals surface area contributed by atoms with Gasteiger partial charge in [-0.05, 0) is 30.3 Å². The van der Waals surface area contributed by atoms with Crippen molar-refractivity contribution in [3.05, 3.63) is 47.0 Å². The van der Waals surface area contributed by atoms with Gasteiger partial charge in [-0.3, -0.25) is 0 Å². The number of benzene rings is 2. The zero-order valence-electron chi connectivity index (χ0n) is 10.7. The van der Waals surface area contributed by atoms with Crippen LogP contribution in [0.4, 0.5) is 0 Å². The molecule has 0 spiro atoms. The van der Waals surface area contributed by atoms with E-state index in [0.717, 1.165) is 0 Å². The fourth-order valence-electron chi connectivity index (χ4n) is 1.87. The number of rotatable bonds is 3. The maximum absolute atomic E-state index is 8.64. The number of hydrogen-bond donors (Lipinski definition) is 2. The lowest BCUT2D eigenvalue weighted by Gasteiger charge is -2.09. The molecule has 2 aromatic carbocycles. The zero-order valence-corrected chi connectivity index (χ0v) is 11.5. The summed E-state index contributed by atoms with van der Waals surface area (Å²) in [6.07, 6.45) is 0. The summed E-state index contributed by atoms with van der Waals surface area (Å²) in [6, 6.07) is 10.1. The van der Waals surface area contributed by atoms with E-state index < -0.39 is 0 Å². The van der Waals surface area contributed by atoms with Gasteiger partial charge >= 0.3 is 0 Å². The average molecular weight is 307 g/mol. The van der Waals surface area contributed by atoms with Crippen molar-refractivity contribution in [2.75, 3.05) is 6.79 Å². The third-order valence-corrected chi connectivity index (χ3v) is 3.20. The Morgan fingerprint density at radius 2 is 2.00 bits per heavy atom. The zero-order chi connectivity index (χ0) is 14.8. The molecular formula is C14H11ClN2O4. The summed E-state index contributed by atoms with van der Waals surface area (Å²) in [7, 11) is 0. The molecule has 1 aliphatic heterocycles. The number of ether oxygens (including phenoxy) is 3. The van der Waals surface area contributed by atoms with Crippen molar-refractivity contribution in [3.8, 4) is 23.0 Å². The van der Waals surface area contributed by atoms with Gasteiger partial charge in [0.1, 0.15) is 11.5 Å². The minimum atomic E-state index is -0.0217. The van der Waals surface area contributed by atoms with Gasteiger partial charge in [0.15, 0.2) is 17.3 Å². The molecule has 108 valence electrons. The molecule has 3 rings (SSSR count). The standard InChI is InChI=1S/C14H11ClN2O4/c15-10-5-8(14(16)17-18)1-3-11(10)21-9-2-4-12-13(6-9)20-7-19-12/h1-6,18H,7H2,(H2,16,17). The molecule has 1 heterocycles. The first-order valence-electron chi connectivity index (χ1n) is 6.02. The Bertz CT molecular complexity index is 718. The molecule has 21 heavy (non-hydrogen) atoms. The van der Waals surface area contributed by atoms with E-state index in [1.165, 1.54) is 0 Å². The molecule has 0 radical (unpaired) electrons. The van der Waals surface area contributed by atoms with E-state index in [1.54, 1.807) is 36.4 Å². The SMILES string of the molecule is NC(=NO)c1ccc(Oc2ccc3c(c2)OCO3)c(Cl)c1. The monoisotopic (exact) mass is 306 g/mol. The van der Waals surface area contributed by atoms with Crippen LogP contribution < -0.4 is 19.9 Å². The topological polar surface area (TPSA) is 86.3 Å². The lowest BCUT2D eigenvalue weighted by atomic mass is 10.2. The molecule has 0 atom stereocenters. The first-order valence-corrected chi connectivity index (χ1v) is 6.40. The van der Waals surface area contributed by atoms with E-state index in [4.69, 9.17) is 36.8 Å². The smallest absolute Gasteiger partial charge is 0.231 e. The Hall–Kier alpha value is -2.60. The Balaban J connectivity index is 1.85. The lowest BCUT2D eigenvalue weighted by Crippen LogP contribution is -2.12. The van der Waals surface area contributed by atoms with Crippen LogP contribution in [0.1, 0.15) is 5.56 Å². The van der Waals surface area contributed by atoms with E-state index in [9.17, 15) is 0 Å². The van der Waals surface area contributed by atoms with E-state index >= 15 is 0 Å². The summed E-state index contributed by atoms with van der Waals surface area (Å²) < 4.78 is 16.2. The number of nitrogens with two attached hydrogens (primary N) is 1. The predicted octanol–water partition coefficient (Wildman–Crippen LogP) is 2.96. The molecule has 0 aliphatic carbocycles. The van der Waals surface area contributed by atoms with Crippen molar-refractivity contribution in [1.82, 2.24) is 0 Å². The number of nitrogens with zero attached hydrogens (tertiary/aromatic N) is 1. The quantitative estimate of drug-likeness (QED) is 0.394. The predicted molar refractivity (Wildman–Crippen MR) is 76.6 cm³/mol. The van der Waals surface area contributed by atoms with Crippen LogP contribution >= 0.6 is 11.6 Å². The minimum Gasteiger partial charge on any atom is -0.456 e. The number of oxime groups is 1. The van der Waals surface area contributed by atoms with Crippen LogP contribution in [0, 0.1) is 0 Å². The second kappa shape index (κ2) is 5.41. The normalized spacial score (nSPS) is 13.3. The molecule has 0 bridgehead atoms. The molecule has 0 fully saturated rings. The molecule has 0 amide bonds. The first-order chi connectivity index (χ1) is 10.2. The van der Waals surface area contributed by atoms with Crippen molar-refractivity contribution < 1.29 is 19.4 Å². The first kappa shape index (κ1) is 13.4. The van der Waals surface area contributed by atoms with Crippen LogP contribution in [-0.4, -0.2) is 17.8 Å². The highest BCUT2D eigenvalue weighted by Gasteiger charge is 2.15. The van der Waals surface area contributed by atoms with Crippen LogP contribution in [0.5, 0.6) is 23.0 Å². The van der Waals surface area contributed by atoms with Crippen LogP contribution in [0.2, 0.25) is 5.02 Å². The second-order valence-corrected chi connectivity index (χ2v) is 4.65. The largest absolute Gasteiger partial charge is 0.456 e. The van der Waals surface area contributed by atoms with Crippen LogP contribution in [0.25, 0.3) is 0 Å². The van der Waals surface area contributed by atoms with Gasteiger partial charge in [-0.25, -0.2) is 0 Å². The number of hydrogen-bond acceptors (Lipinski definition) is 5. The Labute approximate surface area is 125 Å². The maximum Gasteiger partial charge on any atom is 0.231 e. The van der Waals surface area contributed by atoms with Gasteiger partial charge in [-0.1, -0.05) is 16.8 Å². The van der Waals surface area contributed by atoms with Gasteiger partial charge in [-0.2, -0.15) is 0 Å². The van der Waals surface area contributed by atoms with Gasteiger partial charge in [0, 0.05) is 11.6 Å². The highest BCUT2D eigenvalue weighted by atomic mass is 35.5. The number of amidine groups is 1. The van der Waals surface area contributed by atoms with E-state index in [0.29, 0.717) is 33.6 Å². The van der Waals surface area contributed by atoms with E-state index in [2.05, 4.69) is 5.16 Å². The molecule has 0 aromatic heterocycles. The third-order valence-electron chi connectivity index (χ3n) is 2.91. The summed E-state index contributed by atoms with van der Waals surface area (Å²) in [4.78, 5) is 0. The summed E-state index contributed by atoms with van der Waals surface area (Å²) in [6.45, 7) is 0.202. The second-order valence-electron chi connectivity index (χ2n) is 4.25. The van der Waals surface area contributed by atoms with Crippen molar-refractivity contribution in [2.45, 2.75) is 0 Å². The molecular weight excluding hydrogens is 296 g/mol. The average Bonchev–Trinajstić information content (AvgIpc) is 2.96. The van der Waals surface area contributed by atoms with Crippen LogP contribution in [0.15, 0.2) is 41.6 Å². The Morgan fingerprint density at radius 1 is 1.19 bits per heavy atom. The van der Waals surface area contributed by atoms with Crippen molar-refractivity contribution in [3.63, 3.8) is 0 Å². The molecule has 2 aromatic rings. The molecule has 7 heteroatoms. The van der Waals surface area contributed by atoms with Crippen LogP contribution in [-0.2, 0) is 0 Å². The highest BCUT2D eigenvalue weighted by molar-refractivity contribution is 6.32. The molecule has 6 nitrogen and oxygen atoms in total. The fourth-order valence-corrected chi connectivity index (χ4v) is 2.09. The lowest BCUT2D eigenvalue weighted by molar-refractivity contribution is 0.174. The van der Waals surface area contributed by atoms with Gasteiger partial charge in [0.2, 0.25) is 6.79 Å². The Morgan fingerprint density at radius 3 is 2.76 bits per heavy atom. The molecule has 3 N–H and O–H groups in total. The van der Waals surface area contributed by atoms with Crippen LogP contribution in [0.3, 0.4) is 0 Å². The number of fused-ring (bicyclic) bond motifs is 1. The van der Waals surface area contributed by atoms with Gasteiger partial charge < -0.3 is 25.2 Å². The van der Waals surface area contributed by atoms with E-state index in [-0.39, 0.29) is 12.6 Å². The van der Waals surface area contributed by atoms with Gasteiger partial charge in [0.05, 0.1) is 5.02 Å². The summed E-state index contributed by atoms with van der Waals surface area (Å²) >= 11 is 6.12. The Kier molecular flexibility index (Phi) is 3.45. The van der Waals surface area contributed by atoms with Gasteiger partial charge in [-0.15, -0.1) is 0 Å². The highest BCUT2D eigenvalue weighted by Crippen LogP contribution is 2.38. The maximum atomic E-state index is 8.64. The van der Waals surface area contributed by atoms with Crippen molar-refractivity contribution in [1.29, 1.82) is 0 Å². The van der Waals surface area contributed by atoms with E-state index in [1.807, 2.05) is 0 Å². The molecule has 0 saturated heterocycles. The van der Waals surface area contributed by atoms with Crippen molar-refractivity contribution in [2.24, 2.45) is 10.9 Å². The summed E-state index contributed by atoms with van der Waals surface area (Å²) in [5.74, 6) is 2.29. The summed E-state index contributed by atoms with van der Waals surface area (Å²) in [5.41, 5.74) is 6.00. The fraction of sp³-hybridized carbons (Fsp3) is 0.0714. The number of halogens is 1. The molecule has 0 unspecified atom stereocenters. The summed E-state index contributed by atoms with van der Waals surface area (Å²) in [5, 5.41) is 11.9. The third kappa shape index (κ3) is 2.66.